The van der Waals surface area contributed by atoms with Gasteiger partial charge in [0.15, 0.2) is 0 Å². The highest BCUT2D eigenvalue weighted by atomic mass is 15.3. The highest BCUT2D eigenvalue weighted by Crippen LogP contribution is 2.23. The fourth-order valence-electron chi connectivity index (χ4n) is 2.32. The predicted molar refractivity (Wildman–Crippen MR) is 80.3 cm³/mol. The molecule has 1 unspecified atom stereocenters. The summed E-state index contributed by atoms with van der Waals surface area (Å²) in [5.41, 5.74) is 0.276. The highest BCUT2D eigenvalue weighted by molar-refractivity contribution is 4.90. The van der Waals surface area contributed by atoms with Gasteiger partial charge in [-0.15, -0.1) is 0 Å². The summed E-state index contributed by atoms with van der Waals surface area (Å²) < 4.78 is 2.03. The Morgan fingerprint density at radius 1 is 1.32 bits per heavy atom. The van der Waals surface area contributed by atoms with Crippen LogP contribution in [0.3, 0.4) is 0 Å². The molecule has 1 rings (SSSR count). The van der Waals surface area contributed by atoms with Crippen molar-refractivity contribution in [1.82, 2.24) is 20.1 Å². The first-order valence-corrected chi connectivity index (χ1v) is 7.48. The van der Waals surface area contributed by atoms with Gasteiger partial charge in [-0.3, -0.25) is 0 Å². The topological polar surface area (TPSA) is 42.7 Å². The van der Waals surface area contributed by atoms with E-state index in [1.54, 1.807) is 6.33 Å². The van der Waals surface area contributed by atoms with Crippen LogP contribution in [0.25, 0.3) is 0 Å². The van der Waals surface area contributed by atoms with Crippen molar-refractivity contribution >= 4 is 0 Å². The van der Waals surface area contributed by atoms with Crippen LogP contribution in [-0.4, -0.2) is 27.4 Å². The van der Waals surface area contributed by atoms with Crippen molar-refractivity contribution in [2.24, 2.45) is 5.41 Å². The summed E-state index contributed by atoms with van der Waals surface area (Å²) in [6.45, 7) is 14.5. The van der Waals surface area contributed by atoms with Gasteiger partial charge in [0, 0.05) is 18.5 Å². The second-order valence-corrected chi connectivity index (χ2v) is 6.63. The third-order valence-corrected chi connectivity index (χ3v) is 3.48. The molecule has 0 fully saturated rings. The van der Waals surface area contributed by atoms with Crippen LogP contribution in [0.5, 0.6) is 0 Å². The zero-order valence-corrected chi connectivity index (χ0v) is 13.4. The summed E-state index contributed by atoms with van der Waals surface area (Å²) in [5.74, 6) is 1.10. The van der Waals surface area contributed by atoms with Crippen LogP contribution in [-0.2, 0) is 6.42 Å². The van der Waals surface area contributed by atoms with E-state index in [1.807, 2.05) is 4.68 Å². The lowest BCUT2D eigenvalue weighted by molar-refractivity contribution is 0.253. The van der Waals surface area contributed by atoms with E-state index in [4.69, 9.17) is 0 Å². The number of hydrogen-bond acceptors (Lipinski definition) is 3. The molecule has 19 heavy (non-hydrogen) atoms. The first-order chi connectivity index (χ1) is 8.86. The number of aromatic nitrogens is 3. The molecule has 0 amide bonds. The fourth-order valence-corrected chi connectivity index (χ4v) is 2.32. The van der Waals surface area contributed by atoms with Crippen LogP contribution in [0.1, 0.15) is 66.3 Å². The number of hydrogen-bond donors (Lipinski definition) is 1. The molecule has 0 aliphatic heterocycles. The van der Waals surface area contributed by atoms with Gasteiger partial charge in [-0.25, -0.2) is 9.67 Å². The Bertz CT molecular complexity index is 362. The molecule has 0 aromatic carbocycles. The minimum Gasteiger partial charge on any atom is -0.313 e. The normalized spacial score (nSPS) is 14.1. The van der Waals surface area contributed by atoms with Crippen molar-refractivity contribution in [2.75, 3.05) is 6.54 Å². The molecule has 110 valence electrons. The average Bonchev–Trinajstić information content (AvgIpc) is 2.75. The van der Waals surface area contributed by atoms with Crippen LogP contribution in [0.2, 0.25) is 0 Å². The number of aryl methyl sites for hydroxylation is 1. The van der Waals surface area contributed by atoms with Crippen molar-refractivity contribution in [1.29, 1.82) is 0 Å². The lowest BCUT2D eigenvalue weighted by Gasteiger charge is -2.31. The Kier molecular flexibility index (Phi) is 5.98. The molecule has 1 N–H and O–H groups in total. The van der Waals surface area contributed by atoms with Gasteiger partial charge < -0.3 is 5.32 Å². The van der Waals surface area contributed by atoms with Crippen LogP contribution in [0.15, 0.2) is 6.33 Å². The quantitative estimate of drug-likeness (QED) is 0.824. The maximum atomic E-state index is 4.40. The van der Waals surface area contributed by atoms with E-state index in [0.29, 0.717) is 12.1 Å². The summed E-state index contributed by atoms with van der Waals surface area (Å²) in [6, 6.07) is 0.902. The molecular formula is C15H30N4. The van der Waals surface area contributed by atoms with E-state index in [1.165, 1.54) is 6.42 Å². The molecule has 0 aliphatic carbocycles. The van der Waals surface area contributed by atoms with Gasteiger partial charge >= 0.3 is 0 Å². The molecule has 0 aliphatic rings. The van der Waals surface area contributed by atoms with Crippen molar-refractivity contribution in [3.63, 3.8) is 0 Å². The van der Waals surface area contributed by atoms with E-state index in [2.05, 4.69) is 56.9 Å². The van der Waals surface area contributed by atoms with Gasteiger partial charge in [-0.1, -0.05) is 27.7 Å². The second-order valence-electron chi connectivity index (χ2n) is 6.63. The molecule has 1 heterocycles. The largest absolute Gasteiger partial charge is 0.313 e. The first-order valence-electron chi connectivity index (χ1n) is 7.48. The lowest BCUT2D eigenvalue weighted by atomic mass is 9.84. The van der Waals surface area contributed by atoms with Crippen LogP contribution in [0, 0.1) is 5.41 Å². The van der Waals surface area contributed by atoms with Gasteiger partial charge in [-0.05, 0) is 38.6 Å². The van der Waals surface area contributed by atoms with E-state index < -0.39 is 0 Å². The van der Waals surface area contributed by atoms with E-state index >= 15 is 0 Å². The Morgan fingerprint density at radius 3 is 2.53 bits per heavy atom. The summed E-state index contributed by atoms with van der Waals surface area (Å²) in [6.07, 6.45) is 4.93. The van der Waals surface area contributed by atoms with Crippen molar-refractivity contribution < 1.29 is 0 Å². The standard InChI is InChI=1S/C15H30N4/c1-7-10-16-13(15(4,5)6)8-9-14-17-11-18-19(14)12(2)3/h11-13,16H,7-10H2,1-6H3. The smallest absolute Gasteiger partial charge is 0.138 e. The number of nitrogens with zero attached hydrogens (tertiary/aromatic N) is 3. The van der Waals surface area contributed by atoms with E-state index in [0.717, 1.165) is 25.2 Å². The van der Waals surface area contributed by atoms with Gasteiger partial charge in [-0.2, -0.15) is 5.10 Å². The second kappa shape index (κ2) is 7.04. The zero-order chi connectivity index (χ0) is 14.5. The van der Waals surface area contributed by atoms with Crippen LogP contribution < -0.4 is 5.32 Å². The first kappa shape index (κ1) is 16.2. The van der Waals surface area contributed by atoms with Crippen molar-refractivity contribution in [3.8, 4) is 0 Å². The van der Waals surface area contributed by atoms with Crippen molar-refractivity contribution in [3.05, 3.63) is 12.2 Å². The molecule has 0 bridgehead atoms. The molecule has 1 atom stereocenters. The van der Waals surface area contributed by atoms with Gasteiger partial charge in [0.05, 0.1) is 0 Å². The summed E-state index contributed by atoms with van der Waals surface area (Å²) in [4.78, 5) is 4.40. The summed E-state index contributed by atoms with van der Waals surface area (Å²) in [7, 11) is 0. The van der Waals surface area contributed by atoms with E-state index in [-0.39, 0.29) is 5.41 Å². The molecular weight excluding hydrogens is 236 g/mol. The predicted octanol–water partition coefficient (Wildman–Crippen LogP) is 3.21. The maximum Gasteiger partial charge on any atom is 0.138 e. The minimum absolute atomic E-state index is 0.276. The lowest BCUT2D eigenvalue weighted by Crippen LogP contribution is -2.41. The summed E-state index contributed by atoms with van der Waals surface area (Å²) >= 11 is 0. The van der Waals surface area contributed by atoms with Crippen LogP contribution in [0.4, 0.5) is 0 Å². The Labute approximate surface area is 118 Å². The van der Waals surface area contributed by atoms with Gasteiger partial charge in [0.2, 0.25) is 0 Å². The average molecular weight is 266 g/mol. The molecule has 1 aromatic rings. The van der Waals surface area contributed by atoms with Gasteiger partial charge in [0.1, 0.15) is 12.2 Å². The number of rotatable bonds is 7. The molecule has 4 nitrogen and oxygen atoms in total. The minimum atomic E-state index is 0.276. The fraction of sp³-hybridized carbons (Fsp3) is 0.867. The molecule has 0 spiro atoms. The SMILES string of the molecule is CCCNC(CCc1ncnn1C(C)C)C(C)(C)C. The highest BCUT2D eigenvalue weighted by Gasteiger charge is 2.24. The molecule has 0 radical (unpaired) electrons. The van der Waals surface area contributed by atoms with Crippen molar-refractivity contribution in [2.45, 2.75) is 72.9 Å². The molecule has 0 saturated heterocycles. The monoisotopic (exact) mass is 266 g/mol. The Balaban J connectivity index is 2.63. The number of nitrogens with one attached hydrogen (secondary N) is 1. The van der Waals surface area contributed by atoms with E-state index in [9.17, 15) is 0 Å². The Hall–Kier alpha value is -0.900. The zero-order valence-electron chi connectivity index (χ0n) is 13.4. The maximum absolute atomic E-state index is 4.40. The third-order valence-electron chi connectivity index (χ3n) is 3.48. The summed E-state index contributed by atoms with van der Waals surface area (Å²) in [5, 5.41) is 7.97. The molecule has 1 aromatic heterocycles. The molecule has 0 saturated carbocycles. The third kappa shape index (κ3) is 4.94. The Morgan fingerprint density at radius 2 is 2.00 bits per heavy atom. The van der Waals surface area contributed by atoms with Crippen LogP contribution >= 0.6 is 0 Å². The molecule has 4 heteroatoms. The van der Waals surface area contributed by atoms with Gasteiger partial charge in [0.25, 0.3) is 0 Å².